The zero-order valence-corrected chi connectivity index (χ0v) is 18.3. The molecule has 0 radical (unpaired) electrons. The normalized spacial score (nSPS) is 12.3. The molecule has 0 spiro atoms. The van der Waals surface area contributed by atoms with Crippen LogP contribution in [0.25, 0.3) is 0 Å². The van der Waals surface area contributed by atoms with Crippen molar-refractivity contribution in [3.05, 3.63) is 61.2 Å². The van der Waals surface area contributed by atoms with Gasteiger partial charge in [-0.1, -0.05) is 42.5 Å². The first-order valence-electron chi connectivity index (χ1n) is 10.5. The Bertz CT molecular complexity index is 720. The maximum Gasteiger partial charge on any atom is 0.306 e. The zero-order chi connectivity index (χ0) is 23.1. The van der Waals surface area contributed by atoms with Crippen LogP contribution in [-0.2, 0) is 25.7 Å². The summed E-state index contributed by atoms with van der Waals surface area (Å²) in [5, 5.41) is 12.1. The summed E-state index contributed by atoms with van der Waals surface area (Å²) >= 11 is 0. The van der Waals surface area contributed by atoms with Crippen LogP contribution in [-0.4, -0.2) is 53.6 Å². The van der Waals surface area contributed by atoms with E-state index in [1.165, 1.54) is 0 Å². The number of rotatable bonds is 15. The number of allylic oxidation sites excluding steroid dienone is 2. The third-order valence-electron chi connectivity index (χ3n) is 4.63. The van der Waals surface area contributed by atoms with Crippen molar-refractivity contribution in [3.63, 3.8) is 0 Å². The van der Waals surface area contributed by atoms with Crippen molar-refractivity contribution in [2.45, 2.75) is 45.3 Å². The van der Waals surface area contributed by atoms with E-state index >= 15 is 0 Å². The van der Waals surface area contributed by atoms with E-state index in [1.807, 2.05) is 30.3 Å². The van der Waals surface area contributed by atoms with Crippen molar-refractivity contribution in [2.24, 2.45) is 5.92 Å². The summed E-state index contributed by atoms with van der Waals surface area (Å²) < 4.78 is 5.24. The van der Waals surface area contributed by atoms with Crippen molar-refractivity contribution in [1.29, 1.82) is 0 Å². The summed E-state index contributed by atoms with van der Waals surface area (Å²) in [5.41, 5.74) is 0.945. The molecule has 1 aromatic carbocycles. The Kier molecular flexibility index (Phi) is 12.6. The standard InChI is InChI=1S/C24H34N2O5/c1-4-6-13-23(29)31-19(3)17-25-24(30)21(10-5-2)16-22(28)26(14-15-27)18-20-11-8-7-9-12-20/h4-5,7-9,11-12,19,21,27H,1-2,6,10,13-18H2,3H3,(H,25,30). The molecule has 7 nitrogen and oxygen atoms in total. The molecule has 0 aliphatic rings. The van der Waals surface area contributed by atoms with E-state index in [-0.39, 0.29) is 50.3 Å². The fraction of sp³-hybridized carbons (Fsp3) is 0.458. The molecule has 2 N–H and O–H groups in total. The summed E-state index contributed by atoms with van der Waals surface area (Å²) in [6.45, 7) is 9.48. The molecule has 0 heterocycles. The molecule has 2 atom stereocenters. The maximum absolute atomic E-state index is 12.8. The summed E-state index contributed by atoms with van der Waals surface area (Å²) in [6, 6.07) is 9.48. The largest absolute Gasteiger partial charge is 0.461 e. The van der Waals surface area contributed by atoms with Crippen LogP contribution in [0.5, 0.6) is 0 Å². The van der Waals surface area contributed by atoms with Crippen LogP contribution < -0.4 is 5.32 Å². The molecule has 170 valence electrons. The Hall–Kier alpha value is -2.93. The van der Waals surface area contributed by atoms with Crippen LogP contribution in [0.3, 0.4) is 0 Å². The predicted molar refractivity (Wildman–Crippen MR) is 120 cm³/mol. The van der Waals surface area contributed by atoms with E-state index in [9.17, 15) is 19.5 Å². The van der Waals surface area contributed by atoms with Crippen LogP contribution in [0.2, 0.25) is 0 Å². The van der Waals surface area contributed by atoms with Crippen molar-refractivity contribution in [1.82, 2.24) is 10.2 Å². The van der Waals surface area contributed by atoms with Gasteiger partial charge in [-0.15, -0.1) is 13.2 Å². The average molecular weight is 431 g/mol. The first-order valence-corrected chi connectivity index (χ1v) is 10.5. The minimum atomic E-state index is -0.592. The highest BCUT2D eigenvalue weighted by atomic mass is 16.5. The molecule has 0 saturated heterocycles. The topological polar surface area (TPSA) is 95.9 Å². The second-order valence-corrected chi connectivity index (χ2v) is 7.32. The molecule has 2 unspecified atom stereocenters. The van der Waals surface area contributed by atoms with Crippen molar-refractivity contribution < 1.29 is 24.2 Å². The van der Waals surface area contributed by atoms with Gasteiger partial charge in [-0.25, -0.2) is 0 Å². The Balaban J connectivity index is 2.64. The SMILES string of the molecule is C=CCCC(=O)OC(C)CNC(=O)C(CC=C)CC(=O)N(CCO)Cc1ccccc1. The fourth-order valence-electron chi connectivity index (χ4n) is 2.97. The van der Waals surface area contributed by atoms with E-state index in [2.05, 4.69) is 18.5 Å². The van der Waals surface area contributed by atoms with Gasteiger partial charge in [0.25, 0.3) is 0 Å². The lowest BCUT2D eigenvalue weighted by molar-refractivity contribution is -0.148. The molecule has 7 heteroatoms. The minimum Gasteiger partial charge on any atom is -0.461 e. The van der Waals surface area contributed by atoms with Crippen molar-refractivity contribution in [3.8, 4) is 0 Å². The molecule has 0 saturated carbocycles. The minimum absolute atomic E-state index is 0.00180. The van der Waals surface area contributed by atoms with Crippen LogP contribution in [0.1, 0.15) is 38.2 Å². The van der Waals surface area contributed by atoms with Gasteiger partial charge in [0, 0.05) is 25.9 Å². The second kappa shape index (κ2) is 15.0. The Labute approximate surface area is 184 Å². The highest BCUT2D eigenvalue weighted by Gasteiger charge is 2.24. The van der Waals surface area contributed by atoms with Gasteiger partial charge in [0.05, 0.1) is 19.1 Å². The number of amides is 2. The van der Waals surface area contributed by atoms with Gasteiger partial charge >= 0.3 is 5.97 Å². The Morgan fingerprint density at radius 3 is 2.52 bits per heavy atom. The molecule has 31 heavy (non-hydrogen) atoms. The lowest BCUT2D eigenvalue weighted by atomic mass is 9.99. The number of carbonyl (C=O) groups excluding carboxylic acids is 3. The third kappa shape index (κ3) is 10.6. The van der Waals surface area contributed by atoms with Gasteiger partial charge < -0.3 is 20.1 Å². The highest BCUT2D eigenvalue weighted by molar-refractivity contribution is 5.86. The van der Waals surface area contributed by atoms with Gasteiger partial charge in [-0.05, 0) is 25.3 Å². The van der Waals surface area contributed by atoms with Gasteiger partial charge in [0.2, 0.25) is 11.8 Å². The van der Waals surface area contributed by atoms with Gasteiger partial charge in [-0.2, -0.15) is 0 Å². The average Bonchev–Trinajstić information content (AvgIpc) is 2.76. The third-order valence-corrected chi connectivity index (χ3v) is 4.63. The number of carbonyl (C=O) groups is 3. The fourth-order valence-corrected chi connectivity index (χ4v) is 2.97. The number of nitrogens with one attached hydrogen (secondary N) is 1. The maximum atomic E-state index is 12.8. The quantitative estimate of drug-likeness (QED) is 0.329. The van der Waals surface area contributed by atoms with Crippen LogP contribution >= 0.6 is 0 Å². The smallest absolute Gasteiger partial charge is 0.306 e. The molecule has 2 amide bonds. The summed E-state index contributed by atoms with van der Waals surface area (Å²) in [7, 11) is 0. The Morgan fingerprint density at radius 1 is 1.19 bits per heavy atom. The number of ether oxygens (including phenoxy) is 1. The number of nitrogens with zero attached hydrogens (tertiary/aromatic N) is 1. The highest BCUT2D eigenvalue weighted by Crippen LogP contribution is 2.14. The van der Waals surface area contributed by atoms with Gasteiger partial charge in [0.15, 0.2) is 0 Å². The number of aliphatic hydroxyl groups is 1. The van der Waals surface area contributed by atoms with Crippen LogP contribution in [0.15, 0.2) is 55.6 Å². The van der Waals surface area contributed by atoms with Crippen LogP contribution in [0.4, 0.5) is 0 Å². The summed E-state index contributed by atoms with van der Waals surface area (Å²) in [5.74, 6) is -1.46. The van der Waals surface area contributed by atoms with Crippen LogP contribution in [0, 0.1) is 5.92 Å². The summed E-state index contributed by atoms with van der Waals surface area (Å²) in [4.78, 5) is 38.7. The zero-order valence-electron chi connectivity index (χ0n) is 18.3. The monoisotopic (exact) mass is 430 g/mol. The number of aliphatic hydroxyl groups excluding tert-OH is 1. The van der Waals surface area contributed by atoms with E-state index in [0.29, 0.717) is 19.4 Å². The number of hydrogen-bond donors (Lipinski definition) is 2. The second-order valence-electron chi connectivity index (χ2n) is 7.32. The van der Waals surface area contributed by atoms with Gasteiger partial charge in [0.1, 0.15) is 6.10 Å². The molecular weight excluding hydrogens is 396 g/mol. The molecule has 0 bridgehead atoms. The molecule has 0 aliphatic carbocycles. The van der Waals surface area contributed by atoms with Gasteiger partial charge in [-0.3, -0.25) is 14.4 Å². The molecule has 1 aromatic rings. The number of benzene rings is 1. The van der Waals surface area contributed by atoms with E-state index < -0.39 is 12.0 Å². The van der Waals surface area contributed by atoms with Crippen molar-refractivity contribution in [2.75, 3.05) is 19.7 Å². The van der Waals surface area contributed by atoms with E-state index in [1.54, 1.807) is 24.0 Å². The Morgan fingerprint density at radius 2 is 1.90 bits per heavy atom. The van der Waals surface area contributed by atoms with Crippen molar-refractivity contribution >= 4 is 17.8 Å². The lowest BCUT2D eigenvalue weighted by Gasteiger charge is -2.24. The molecule has 0 aromatic heterocycles. The van der Waals surface area contributed by atoms with E-state index in [4.69, 9.17) is 4.74 Å². The van der Waals surface area contributed by atoms with E-state index in [0.717, 1.165) is 5.56 Å². The first kappa shape index (κ1) is 26.1. The number of esters is 1. The lowest BCUT2D eigenvalue weighted by Crippen LogP contribution is -2.40. The molecule has 0 fully saturated rings. The predicted octanol–water partition coefficient (Wildman–Crippen LogP) is 2.60. The molecule has 1 rings (SSSR count). The first-order chi connectivity index (χ1) is 14.9. The summed E-state index contributed by atoms with van der Waals surface area (Å²) in [6.07, 6.45) is 3.88. The molecule has 0 aliphatic heterocycles. The number of hydrogen-bond acceptors (Lipinski definition) is 5. The molecular formula is C24H34N2O5.